The fourth-order valence-electron chi connectivity index (χ4n) is 1.60. The van der Waals surface area contributed by atoms with E-state index < -0.39 is 22.8 Å². The minimum Gasteiger partial charge on any atom is -0.358 e. The Morgan fingerprint density at radius 3 is 2.70 bits per heavy atom. The second kappa shape index (κ2) is 7.69. The molecule has 1 aromatic carbocycles. The van der Waals surface area contributed by atoms with Gasteiger partial charge in [0.1, 0.15) is 11.6 Å². The minimum absolute atomic E-state index is 0.179. The summed E-state index contributed by atoms with van der Waals surface area (Å²) in [5.41, 5.74) is -0.179. The monoisotopic (exact) mass is 358 g/mol. The number of carbonyl (C=O) groups excluding carboxylic acids is 1. The highest BCUT2D eigenvalue weighted by Gasteiger charge is 2.19. The average molecular weight is 358 g/mol. The van der Waals surface area contributed by atoms with Gasteiger partial charge in [-0.05, 0) is 32.9 Å². The Hall–Kier alpha value is -1.74. The number of aromatic nitrogens is 2. The molecule has 0 fully saturated rings. The van der Waals surface area contributed by atoms with Gasteiger partial charge in [0.2, 0.25) is 11.0 Å². The largest absolute Gasteiger partial charge is 0.358 e. The van der Waals surface area contributed by atoms with Gasteiger partial charge in [0, 0.05) is 12.1 Å². The molecule has 23 heavy (non-hydrogen) atoms. The fraction of sp³-hybridized carbons (Fsp3) is 0.357. The molecule has 9 heteroatoms. The molecule has 0 spiro atoms. The van der Waals surface area contributed by atoms with E-state index >= 15 is 0 Å². The van der Waals surface area contributed by atoms with E-state index in [4.69, 9.17) is 0 Å². The Labute approximate surface area is 140 Å². The summed E-state index contributed by atoms with van der Waals surface area (Å²) in [6.45, 7) is 5.63. The van der Waals surface area contributed by atoms with Crippen LogP contribution in [-0.4, -0.2) is 27.4 Å². The van der Waals surface area contributed by atoms with Crippen LogP contribution >= 0.6 is 23.1 Å². The standard InChI is InChI=1S/C14H16F2N4OS2/c1-7(2)17-13-19-20-14(23-13)22-8(3)12(21)18-11-6-9(15)4-5-10(11)16/h4-8H,1-3H3,(H,17,19)(H,18,21)/t8-/m0/s1. The first-order valence-corrected chi connectivity index (χ1v) is 8.57. The van der Waals surface area contributed by atoms with Crippen LogP contribution in [0.25, 0.3) is 0 Å². The van der Waals surface area contributed by atoms with Crippen molar-refractivity contribution in [1.29, 1.82) is 0 Å². The number of carbonyl (C=O) groups is 1. The highest BCUT2D eigenvalue weighted by Crippen LogP contribution is 2.30. The van der Waals surface area contributed by atoms with Gasteiger partial charge in [0.05, 0.1) is 10.9 Å². The number of nitrogens with one attached hydrogen (secondary N) is 2. The number of benzene rings is 1. The average Bonchev–Trinajstić information content (AvgIpc) is 2.89. The molecule has 2 aromatic rings. The van der Waals surface area contributed by atoms with Crippen molar-refractivity contribution in [2.75, 3.05) is 10.6 Å². The third kappa shape index (κ3) is 5.14. The molecule has 0 aliphatic heterocycles. The lowest BCUT2D eigenvalue weighted by Crippen LogP contribution is -2.23. The van der Waals surface area contributed by atoms with E-state index in [9.17, 15) is 13.6 Å². The maximum atomic E-state index is 13.5. The maximum absolute atomic E-state index is 13.5. The molecule has 1 atom stereocenters. The number of nitrogens with zero attached hydrogens (tertiary/aromatic N) is 2. The van der Waals surface area contributed by atoms with Gasteiger partial charge in [-0.15, -0.1) is 10.2 Å². The van der Waals surface area contributed by atoms with E-state index in [2.05, 4.69) is 20.8 Å². The number of anilines is 2. The first-order chi connectivity index (χ1) is 10.8. The molecule has 0 radical (unpaired) electrons. The zero-order chi connectivity index (χ0) is 17.0. The normalized spacial score (nSPS) is 12.3. The number of thioether (sulfide) groups is 1. The fourth-order valence-corrected chi connectivity index (χ4v) is 3.64. The lowest BCUT2D eigenvalue weighted by Gasteiger charge is -2.11. The zero-order valence-electron chi connectivity index (χ0n) is 12.8. The quantitative estimate of drug-likeness (QED) is 0.770. The maximum Gasteiger partial charge on any atom is 0.237 e. The molecule has 0 saturated heterocycles. The summed E-state index contributed by atoms with van der Waals surface area (Å²) in [4.78, 5) is 12.1. The smallest absolute Gasteiger partial charge is 0.237 e. The summed E-state index contributed by atoms with van der Waals surface area (Å²) in [6.07, 6.45) is 0. The summed E-state index contributed by atoms with van der Waals surface area (Å²) >= 11 is 2.54. The molecule has 1 aromatic heterocycles. The van der Waals surface area contributed by atoms with Crippen LogP contribution in [0.1, 0.15) is 20.8 Å². The van der Waals surface area contributed by atoms with E-state index in [1.807, 2.05) is 13.8 Å². The molecular formula is C14H16F2N4OS2. The van der Waals surface area contributed by atoms with Crippen LogP contribution in [0.15, 0.2) is 22.5 Å². The lowest BCUT2D eigenvalue weighted by molar-refractivity contribution is -0.115. The van der Waals surface area contributed by atoms with Gasteiger partial charge >= 0.3 is 0 Å². The summed E-state index contributed by atoms with van der Waals surface area (Å²) in [6, 6.07) is 3.14. The number of hydrogen-bond acceptors (Lipinski definition) is 6. The molecule has 2 N–H and O–H groups in total. The summed E-state index contributed by atoms with van der Waals surface area (Å²) in [7, 11) is 0. The van der Waals surface area contributed by atoms with Gasteiger partial charge in [-0.2, -0.15) is 0 Å². The van der Waals surface area contributed by atoms with Gasteiger partial charge in [-0.1, -0.05) is 23.1 Å². The summed E-state index contributed by atoms with van der Waals surface area (Å²) in [5, 5.41) is 13.6. The molecule has 0 aliphatic carbocycles. The molecule has 1 amide bonds. The van der Waals surface area contributed by atoms with E-state index in [1.54, 1.807) is 6.92 Å². The Kier molecular flexibility index (Phi) is 5.89. The Bertz CT molecular complexity index is 693. The molecule has 1 heterocycles. The third-order valence-electron chi connectivity index (χ3n) is 2.65. The second-order valence-electron chi connectivity index (χ2n) is 5.05. The van der Waals surface area contributed by atoms with Crippen LogP contribution in [0.3, 0.4) is 0 Å². The van der Waals surface area contributed by atoms with Crippen LogP contribution in [0.2, 0.25) is 0 Å². The van der Waals surface area contributed by atoms with Crippen LogP contribution in [0.5, 0.6) is 0 Å². The SMILES string of the molecule is CC(C)Nc1nnc(S[C@@H](C)C(=O)Nc2cc(F)ccc2F)s1. The second-order valence-corrected chi connectivity index (χ2v) is 7.61. The summed E-state index contributed by atoms with van der Waals surface area (Å²) in [5.74, 6) is -1.74. The van der Waals surface area contributed by atoms with Crippen LogP contribution in [0.4, 0.5) is 19.6 Å². The first kappa shape index (κ1) is 17.6. The van der Waals surface area contributed by atoms with Gasteiger partial charge in [-0.25, -0.2) is 8.78 Å². The number of rotatable bonds is 6. The molecule has 0 bridgehead atoms. The Morgan fingerprint density at radius 1 is 1.26 bits per heavy atom. The van der Waals surface area contributed by atoms with Crippen molar-refractivity contribution in [2.45, 2.75) is 36.4 Å². The van der Waals surface area contributed by atoms with Crippen LogP contribution in [0, 0.1) is 11.6 Å². The van der Waals surface area contributed by atoms with Crippen molar-refractivity contribution in [2.24, 2.45) is 0 Å². The third-order valence-corrected chi connectivity index (χ3v) is 4.69. The Balaban J connectivity index is 1.97. The van der Waals surface area contributed by atoms with Crippen molar-refractivity contribution in [1.82, 2.24) is 10.2 Å². The van der Waals surface area contributed by atoms with E-state index in [1.165, 1.54) is 23.1 Å². The van der Waals surface area contributed by atoms with Crippen molar-refractivity contribution in [3.05, 3.63) is 29.8 Å². The molecule has 0 saturated carbocycles. The number of amides is 1. The molecule has 0 unspecified atom stereocenters. The van der Waals surface area contributed by atoms with Crippen LogP contribution < -0.4 is 10.6 Å². The van der Waals surface area contributed by atoms with Gasteiger partial charge in [0.25, 0.3) is 0 Å². The van der Waals surface area contributed by atoms with Crippen molar-refractivity contribution in [3.8, 4) is 0 Å². The van der Waals surface area contributed by atoms with Crippen molar-refractivity contribution < 1.29 is 13.6 Å². The Morgan fingerprint density at radius 2 is 2.00 bits per heavy atom. The lowest BCUT2D eigenvalue weighted by atomic mass is 10.3. The molecule has 124 valence electrons. The molecule has 0 aliphatic rings. The minimum atomic E-state index is -0.684. The summed E-state index contributed by atoms with van der Waals surface area (Å²) < 4.78 is 27.3. The molecular weight excluding hydrogens is 342 g/mol. The highest BCUT2D eigenvalue weighted by atomic mass is 32.2. The first-order valence-electron chi connectivity index (χ1n) is 6.87. The van der Waals surface area contributed by atoms with Gasteiger partial charge in [0.15, 0.2) is 4.34 Å². The van der Waals surface area contributed by atoms with Crippen LogP contribution in [-0.2, 0) is 4.79 Å². The number of hydrogen-bond donors (Lipinski definition) is 2. The van der Waals surface area contributed by atoms with Gasteiger partial charge < -0.3 is 10.6 Å². The predicted octanol–water partition coefficient (Wildman–Crippen LogP) is 3.76. The molecule has 5 nitrogen and oxygen atoms in total. The molecule has 2 rings (SSSR count). The van der Waals surface area contributed by atoms with E-state index in [-0.39, 0.29) is 11.7 Å². The van der Waals surface area contributed by atoms with Crippen molar-refractivity contribution >= 4 is 39.8 Å². The van der Waals surface area contributed by atoms with Gasteiger partial charge in [-0.3, -0.25) is 4.79 Å². The topological polar surface area (TPSA) is 66.9 Å². The zero-order valence-corrected chi connectivity index (χ0v) is 14.4. The van der Waals surface area contributed by atoms with E-state index in [0.29, 0.717) is 9.47 Å². The number of halogens is 2. The van der Waals surface area contributed by atoms with Crippen molar-refractivity contribution in [3.63, 3.8) is 0 Å². The van der Waals surface area contributed by atoms with E-state index in [0.717, 1.165) is 18.2 Å². The highest BCUT2D eigenvalue weighted by molar-refractivity contribution is 8.02. The predicted molar refractivity (Wildman–Crippen MR) is 89.0 cm³/mol.